The Hall–Kier alpha value is -1.08. The fourth-order valence-corrected chi connectivity index (χ4v) is 1.96. The predicted octanol–water partition coefficient (Wildman–Crippen LogP) is 3.15. The molecule has 0 N–H and O–H groups in total. The van der Waals surface area contributed by atoms with Gasteiger partial charge in [0.1, 0.15) is 11.6 Å². The Bertz CT molecular complexity index is 449. The second-order valence-corrected chi connectivity index (χ2v) is 4.51. The van der Waals surface area contributed by atoms with Gasteiger partial charge >= 0.3 is 0 Å². The Morgan fingerprint density at radius 3 is 2.67 bits per heavy atom. The molecule has 0 unspecified atom stereocenters. The molecule has 1 aliphatic rings. The summed E-state index contributed by atoms with van der Waals surface area (Å²) in [6.45, 7) is 0. The minimum absolute atomic E-state index is 0.354. The first-order valence-corrected chi connectivity index (χ1v) is 5.37. The van der Waals surface area contributed by atoms with Crippen LogP contribution >= 0.6 is 15.9 Å². The van der Waals surface area contributed by atoms with Crippen molar-refractivity contribution in [3.63, 3.8) is 0 Å². The zero-order valence-electron chi connectivity index (χ0n) is 8.18. The van der Waals surface area contributed by atoms with E-state index in [1.807, 2.05) is 0 Å². The van der Waals surface area contributed by atoms with Crippen LogP contribution in [0.5, 0.6) is 5.75 Å². The summed E-state index contributed by atoms with van der Waals surface area (Å²) in [6, 6.07) is 5.19. The van der Waals surface area contributed by atoms with E-state index in [4.69, 9.17) is 10.00 Å². The summed E-state index contributed by atoms with van der Waals surface area (Å²) in [7, 11) is 1.52. The molecule has 2 nitrogen and oxygen atoms in total. The smallest absolute Gasteiger partial charge is 0.137 e. The summed E-state index contributed by atoms with van der Waals surface area (Å²) in [5, 5.41) is 9.05. The normalized spacial score (nSPS) is 16.9. The molecule has 0 saturated heterocycles. The van der Waals surface area contributed by atoms with Crippen LogP contribution in [0.3, 0.4) is 0 Å². The van der Waals surface area contributed by atoms with E-state index < -0.39 is 5.41 Å². The first-order valence-electron chi connectivity index (χ1n) is 4.58. The molecular weight excluding hydrogens is 261 g/mol. The van der Waals surface area contributed by atoms with Crippen molar-refractivity contribution in [3.8, 4) is 11.8 Å². The molecule has 1 aliphatic carbocycles. The molecule has 1 saturated carbocycles. The summed E-state index contributed by atoms with van der Waals surface area (Å²) < 4.78 is 18.9. The number of benzene rings is 1. The van der Waals surface area contributed by atoms with Gasteiger partial charge in [-0.1, -0.05) is 0 Å². The average molecular weight is 270 g/mol. The maximum absolute atomic E-state index is 13.4. The molecule has 0 heterocycles. The van der Waals surface area contributed by atoms with Crippen LogP contribution in [-0.4, -0.2) is 7.11 Å². The van der Waals surface area contributed by atoms with E-state index >= 15 is 0 Å². The molecular formula is C11H9BrFNO. The van der Waals surface area contributed by atoms with Crippen molar-refractivity contribution in [1.82, 2.24) is 0 Å². The van der Waals surface area contributed by atoms with Crippen LogP contribution in [0.25, 0.3) is 0 Å². The highest BCUT2D eigenvalue weighted by atomic mass is 79.9. The van der Waals surface area contributed by atoms with Crippen molar-refractivity contribution in [2.75, 3.05) is 7.11 Å². The van der Waals surface area contributed by atoms with Gasteiger partial charge in [0.05, 0.1) is 23.1 Å². The third kappa shape index (κ3) is 1.61. The Kier molecular flexibility index (Phi) is 2.43. The summed E-state index contributed by atoms with van der Waals surface area (Å²) >= 11 is 3.09. The van der Waals surface area contributed by atoms with Gasteiger partial charge in [-0.15, -0.1) is 0 Å². The standard InChI is InChI=1S/C11H9BrFNO/c1-15-10-5-8(12)9(13)4-7(10)11(6-14)2-3-11/h4-5H,2-3H2,1H3. The highest BCUT2D eigenvalue weighted by Gasteiger charge is 2.47. The van der Waals surface area contributed by atoms with Crippen molar-refractivity contribution in [2.45, 2.75) is 18.3 Å². The fraction of sp³-hybridized carbons (Fsp3) is 0.364. The molecule has 0 bridgehead atoms. The largest absolute Gasteiger partial charge is 0.496 e. The van der Waals surface area contributed by atoms with E-state index in [1.54, 1.807) is 6.07 Å². The Labute approximate surface area is 95.8 Å². The second kappa shape index (κ2) is 3.49. The zero-order valence-corrected chi connectivity index (χ0v) is 9.77. The van der Waals surface area contributed by atoms with E-state index in [-0.39, 0.29) is 5.82 Å². The maximum atomic E-state index is 13.4. The topological polar surface area (TPSA) is 33.0 Å². The SMILES string of the molecule is COc1cc(Br)c(F)cc1C1(C#N)CC1. The molecule has 0 aromatic heterocycles. The minimum atomic E-state index is -0.521. The Morgan fingerprint density at radius 1 is 1.53 bits per heavy atom. The number of rotatable bonds is 2. The van der Waals surface area contributed by atoms with Gasteiger partial charge in [-0.3, -0.25) is 0 Å². The van der Waals surface area contributed by atoms with Crippen LogP contribution in [0.2, 0.25) is 0 Å². The molecule has 0 aliphatic heterocycles. The predicted molar refractivity (Wildman–Crippen MR) is 57.2 cm³/mol. The van der Waals surface area contributed by atoms with Crippen LogP contribution in [0.15, 0.2) is 16.6 Å². The van der Waals surface area contributed by atoms with Crippen molar-refractivity contribution in [2.24, 2.45) is 0 Å². The van der Waals surface area contributed by atoms with Gasteiger partial charge in [-0.05, 0) is 40.9 Å². The van der Waals surface area contributed by atoms with Gasteiger partial charge in [-0.25, -0.2) is 4.39 Å². The van der Waals surface area contributed by atoms with Crippen LogP contribution in [-0.2, 0) is 5.41 Å². The van der Waals surface area contributed by atoms with Crippen LogP contribution in [0.4, 0.5) is 4.39 Å². The minimum Gasteiger partial charge on any atom is -0.496 e. The molecule has 0 spiro atoms. The Balaban J connectivity index is 2.56. The van der Waals surface area contributed by atoms with E-state index in [9.17, 15) is 4.39 Å². The molecule has 0 radical (unpaired) electrons. The molecule has 1 aromatic rings. The molecule has 0 atom stereocenters. The molecule has 1 fully saturated rings. The lowest BCUT2D eigenvalue weighted by Crippen LogP contribution is -2.06. The van der Waals surface area contributed by atoms with E-state index in [0.717, 1.165) is 12.8 Å². The molecule has 4 heteroatoms. The lowest BCUT2D eigenvalue weighted by molar-refractivity contribution is 0.405. The highest BCUT2D eigenvalue weighted by Crippen LogP contribution is 2.51. The number of hydrogen-bond acceptors (Lipinski definition) is 2. The van der Waals surface area contributed by atoms with E-state index in [0.29, 0.717) is 15.8 Å². The van der Waals surface area contributed by atoms with Gasteiger partial charge in [0.15, 0.2) is 0 Å². The lowest BCUT2D eigenvalue weighted by Gasteiger charge is -2.12. The Morgan fingerprint density at radius 2 is 2.20 bits per heavy atom. The maximum Gasteiger partial charge on any atom is 0.137 e. The number of hydrogen-bond donors (Lipinski definition) is 0. The van der Waals surface area contributed by atoms with Gasteiger partial charge < -0.3 is 4.74 Å². The van der Waals surface area contributed by atoms with E-state index in [2.05, 4.69) is 22.0 Å². The second-order valence-electron chi connectivity index (χ2n) is 3.66. The molecule has 1 aromatic carbocycles. The number of nitrogens with zero attached hydrogens (tertiary/aromatic N) is 1. The van der Waals surface area contributed by atoms with Crippen molar-refractivity contribution in [3.05, 3.63) is 28.0 Å². The van der Waals surface area contributed by atoms with Crippen LogP contribution in [0.1, 0.15) is 18.4 Å². The zero-order chi connectivity index (χ0) is 11.1. The molecule has 0 amide bonds. The van der Waals surface area contributed by atoms with Crippen molar-refractivity contribution >= 4 is 15.9 Å². The third-order valence-electron chi connectivity index (χ3n) is 2.72. The van der Waals surface area contributed by atoms with Crippen LogP contribution in [0, 0.1) is 17.1 Å². The van der Waals surface area contributed by atoms with Gasteiger partial charge in [0, 0.05) is 5.56 Å². The third-order valence-corrected chi connectivity index (χ3v) is 3.33. The number of ether oxygens (including phenoxy) is 1. The first kappa shape index (κ1) is 10.4. The molecule has 15 heavy (non-hydrogen) atoms. The van der Waals surface area contributed by atoms with E-state index in [1.165, 1.54) is 13.2 Å². The monoisotopic (exact) mass is 269 g/mol. The van der Waals surface area contributed by atoms with Crippen LogP contribution < -0.4 is 4.74 Å². The summed E-state index contributed by atoms with van der Waals surface area (Å²) in [5.74, 6) is 0.217. The molecule has 2 rings (SSSR count). The summed E-state index contributed by atoms with van der Waals surface area (Å²) in [6.07, 6.45) is 1.56. The number of halogens is 2. The highest BCUT2D eigenvalue weighted by molar-refractivity contribution is 9.10. The van der Waals surface area contributed by atoms with Crippen molar-refractivity contribution < 1.29 is 9.13 Å². The number of nitriles is 1. The number of methoxy groups -OCH3 is 1. The summed E-state index contributed by atoms with van der Waals surface area (Å²) in [4.78, 5) is 0. The van der Waals surface area contributed by atoms with Gasteiger partial charge in [0.25, 0.3) is 0 Å². The first-order chi connectivity index (χ1) is 7.13. The average Bonchev–Trinajstić information content (AvgIpc) is 3.02. The van der Waals surface area contributed by atoms with Gasteiger partial charge in [-0.2, -0.15) is 5.26 Å². The van der Waals surface area contributed by atoms with Gasteiger partial charge in [0.2, 0.25) is 0 Å². The molecule has 78 valence electrons. The lowest BCUT2D eigenvalue weighted by atomic mass is 9.96. The quantitative estimate of drug-likeness (QED) is 0.827. The van der Waals surface area contributed by atoms with Crippen molar-refractivity contribution in [1.29, 1.82) is 5.26 Å². The fourth-order valence-electron chi connectivity index (χ4n) is 1.64. The summed E-state index contributed by atoms with van der Waals surface area (Å²) in [5.41, 5.74) is 0.139.